The maximum absolute atomic E-state index is 12.4. The summed E-state index contributed by atoms with van der Waals surface area (Å²) >= 11 is 1.22. The van der Waals surface area contributed by atoms with Crippen LogP contribution >= 0.6 is 11.3 Å². The van der Waals surface area contributed by atoms with Crippen LogP contribution in [0.15, 0.2) is 35.2 Å². The van der Waals surface area contributed by atoms with E-state index in [2.05, 4.69) is 5.32 Å². The van der Waals surface area contributed by atoms with Crippen LogP contribution in [0, 0.1) is 12.3 Å². The zero-order valence-corrected chi connectivity index (χ0v) is 19.2. The molecule has 1 heterocycles. The summed E-state index contributed by atoms with van der Waals surface area (Å²) < 4.78 is 28.5. The Morgan fingerprint density at radius 2 is 1.77 bits per heavy atom. The Morgan fingerprint density at radius 3 is 2.37 bits per heavy atom. The summed E-state index contributed by atoms with van der Waals surface area (Å²) in [5.74, 6) is -1.23. The standard InChI is InChI=1S/C21H25NO6S2/c1-13-6-8-15(30(5,26)27)10-16(13)19(24)28-12-17(23)18-9-7-14(29-18)11-22-20(25)21(2,3)4/h6-10H,11-12H2,1-5H3,(H,22,25). The molecule has 0 aliphatic heterocycles. The van der Waals surface area contributed by atoms with Crippen LogP contribution in [-0.2, 0) is 25.9 Å². The normalized spacial score (nSPS) is 11.8. The van der Waals surface area contributed by atoms with Crippen molar-refractivity contribution in [3.63, 3.8) is 0 Å². The SMILES string of the molecule is Cc1ccc(S(C)(=O)=O)cc1C(=O)OCC(=O)c1ccc(CNC(=O)C(C)(C)C)s1. The summed E-state index contributed by atoms with van der Waals surface area (Å²) in [4.78, 5) is 37.8. The Morgan fingerprint density at radius 1 is 1.10 bits per heavy atom. The number of ether oxygens (including phenoxy) is 1. The van der Waals surface area contributed by atoms with E-state index in [4.69, 9.17) is 4.74 Å². The van der Waals surface area contributed by atoms with Crippen LogP contribution in [-0.4, -0.2) is 38.9 Å². The van der Waals surface area contributed by atoms with Gasteiger partial charge in [0.1, 0.15) is 0 Å². The highest BCUT2D eigenvalue weighted by molar-refractivity contribution is 7.90. The van der Waals surface area contributed by atoms with Gasteiger partial charge in [-0.3, -0.25) is 9.59 Å². The van der Waals surface area contributed by atoms with E-state index in [1.54, 1.807) is 19.1 Å². The van der Waals surface area contributed by atoms with Crippen LogP contribution in [0.1, 0.15) is 51.2 Å². The quantitative estimate of drug-likeness (QED) is 0.512. The van der Waals surface area contributed by atoms with E-state index in [9.17, 15) is 22.8 Å². The van der Waals surface area contributed by atoms with E-state index < -0.39 is 27.8 Å². The van der Waals surface area contributed by atoms with E-state index in [1.807, 2.05) is 20.8 Å². The second kappa shape index (κ2) is 9.09. The molecule has 0 atom stereocenters. The second-order valence-corrected chi connectivity index (χ2v) is 11.1. The molecule has 1 aromatic heterocycles. The first-order chi connectivity index (χ1) is 13.8. The molecule has 0 aliphatic rings. The van der Waals surface area contributed by atoms with Gasteiger partial charge in [-0.25, -0.2) is 13.2 Å². The van der Waals surface area contributed by atoms with Crippen molar-refractivity contribution in [3.8, 4) is 0 Å². The lowest BCUT2D eigenvalue weighted by molar-refractivity contribution is -0.128. The topological polar surface area (TPSA) is 107 Å². The minimum atomic E-state index is -3.47. The number of esters is 1. The van der Waals surface area contributed by atoms with Crippen LogP contribution < -0.4 is 5.32 Å². The molecule has 0 radical (unpaired) electrons. The Bertz CT molecular complexity index is 1080. The van der Waals surface area contributed by atoms with Gasteiger partial charge in [0.2, 0.25) is 11.7 Å². The van der Waals surface area contributed by atoms with Gasteiger partial charge in [-0.05, 0) is 36.8 Å². The van der Waals surface area contributed by atoms with Crippen molar-refractivity contribution in [2.75, 3.05) is 12.9 Å². The lowest BCUT2D eigenvalue weighted by atomic mass is 9.96. The minimum absolute atomic E-state index is 0.00609. The van der Waals surface area contributed by atoms with Crippen molar-refractivity contribution in [2.45, 2.75) is 39.1 Å². The number of carbonyl (C=O) groups excluding carboxylic acids is 3. The maximum Gasteiger partial charge on any atom is 0.338 e. The highest BCUT2D eigenvalue weighted by atomic mass is 32.2. The van der Waals surface area contributed by atoms with Crippen molar-refractivity contribution < 1.29 is 27.5 Å². The third-order valence-electron chi connectivity index (χ3n) is 4.23. The van der Waals surface area contributed by atoms with Crippen LogP contribution in [0.2, 0.25) is 0 Å². The molecular formula is C21H25NO6S2. The zero-order valence-electron chi connectivity index (χ0n) is 17.6. The fourth-order valence-electron chi connectivity index (χ4n) is 2.39. The van der Waals surface area contributed by atoms with E-state index >= 15 is 0 Å². The molecule has 1 N–H and O–H groups in total. The van der Waals surface area contributed by atoms with Gasteiger partial charge in [0.25, 0.3) is 0 Å². The van der Waals surface area contributed by atoms with Crippen molar-refractivity contribution in [1.82, 2.24) is 5.32 Å². The monoisotopic (exact) mass is 451 g/mol. The number of Topliss-reactive ketones (excluding diaryl/α,β-unsaturated/α-hetero) is 1. The predicted octanol–water partition coefficient (Wildman–Crippen LogP) is 3.16. The summed E-state index contributed by atoms with van der Waals surface area (Å²) in [5.41, 5.74) is 0.145. The lowest BCUT2D eigenvalue weighted by Gasteiger charge is -2.17. The number of rotatable bonds is 7. The van der Waals surface area contributed by atoms with Crippen LogP contribution in [0.5, 0.6) is 0 Å². The molecule has 2 rings (SSSR count). The molecule has 1 aromatic carbocycles. The molecule has 30 heavy (non-hydrogen) atoms. The van der Waals surface area contributed by atoms with Gasteiger partial charge in [0.05, 0.1) is 21.9 Å². The molecule has 7 nitrogen and oxygen atoms in total. The number of nitrogens with one attached hydrogen (secondary N) is 1. The summed E-state index contributed by atoms with van der Waals surface area (Å²) in [5, 5.41) is 2.81. The molecule has 0 saturated heterocycles. The van der Waals surface area contributed by atoms with E-state index in [1.165, 1.54) is 29.5 Å². The molecule has 2 aromatic rings. The molecular weight excluding hydrogens is 426 g/mol. The number of benzene rings is 1. The first-order valence-corrected chi connectivity index (χ1v) is 11.9. The second-order valence-electron chi connectivity index (χ2n) is 7.95. The van der Waals surface area contributed by atoms with Gasteiger partial charge in [-0.1, -0.05) is 26.8 Å². The van der Waals surface area contributed by atoms with Crippen molar-refractivity contribution in [2.24, 2.45) is 5.41 Å². The van der Waals surface area contributed by atoms with Crippen LogP contribution in [0.4, 0.5) is 0 Å². The first kappa shape index (κ1) is 23.8. The summed E-state index contributed by atoms with van der Waals surface area (Å²) in [6, 6.07) is 7.54. The van der Waals surface area contributed by atoms with Crippen LogP contribution in [0.25, 0.3) is 0 Å². The van der Waals surface area contributed by atoms with Crippen molar-refractivity contribution in [1.29, 1.82) is 0 Å². The highest BCUT2D eigenvalue weighted by Crippen LogP contribution is 2.20. The predicted molar refractivity (Wildman–Crippen MR) is 115 cm³/mol. The average Bonchev–Trinajstić information content (AvgIpc) is 3.11. The third-order valence-corrected chi connectivity index (χ3v) is 6.47. The largest absolute Gasteiger partial charge is 0.454 e. The maximum atomic E-state index is 12.4. The number of sulfone groups is 1. The third kappa shape index (κ3) is 6.24. The number of thiophene rings is 1. The molecule has 0 unspecified atom stereocenters. The zero-order chi connectivity index (χ0) is 22.7. The van der Waals surface area contributed by atoms with Gasteiger partial charge in [-0.15, -0.1) is 11.3 Å². The smallest absolute Gasteiger partial charge is 0.338 e. The Balaban J connectivity index is 1.99. The Kier molecular flexibility index (Phi) is 7.20. The van der Waals surface area contributed by atoms with E-state index in [0.717, 1.165) is 11.1 Å². The van der Waals surface area contributed by atoms with Crippen molar-refractivity contribution >= 4 is 38.8 Å². The molecule has 9 heteroatoms. The van der Waals surface area contributed by atoms with Gasteiger partial charge >= 0.3 is 5.97 Å². The Labute approximate surface area is 180 Å². The summed E-state index contributed by atoms with van der Waals surface area (Å²) in [7, 11) is -3.47. The van der Waals surface area contributed by atoms with E-state index in [0.29, 0.717) is 17.0 Å². The number of amides is 1. The lowest BCUT2D eigenvalue weighted by Crippen LogP contribution is -2.34. The fraction of sp³-hybridized carbons (Fsp3) is 0.381. The molecule has 0 spiro atoms. The number of aryl methyl sites for hydroxylation is 1. The van der Waals surface area contributed by atoms with Crippen LogP contribution in [0.3, 0.4) is 0 Å². The molecule has 0 bridgehead atoms. The first-order valence-electron chi connectivity index (χ1n) is 9.17. The highest BCUT2D eigenvalue weighted by Gasteiger charge is 2.21. The van der Waals surface area contributed by atoms with Gasteiger partial charge in [-0.2, -0.15) is 0 Å². The van der Waals surface area contributed by atoms with Gasteiger partial charge in [0.15, 0.2) is 16.4 Å². The molecule has 0 aliphatic carbocycles. The number of hydrogen-bond acceptors (Lipinski definition) is 7. The molecule has 162 valence electrons. The van der Waals surface area contributed by atoms with Gasteiger partial charge < -0.3 is 10.1 Å². The number of carbonyl (C=O) groups is 3. The summed E-state index contributed by atoms with van der Waals surface area (Å²) in [6.07, 6.45) is 1.05. The Hall–Kier alpha value is -2.52. The summed E-state index contributed by atoms with van der Waals surface area (Å²) in [6.45, 7) is 6.94. The molecule has 0 saturated carbocycles. The minimum Gasteiger partial charge on any atom is -0.454 e. The molecule has 0 fully saturated rings. The van der Waals surface area contributed by atoms with Crippen molar-refractivity contribution in [3.05, 3.63) is 51.2 Å². The van der Waals surface area contributed by atoms with Gasteiger partial charge in [0, 0.05) is 16.5 Å². The average molecular weight is 452 g/mol. The fourth-order valence-corrected chi connectivity index (χ4v) is 3.91. The number of ketones is 1. The molecule has 1 amide bonds. The number of hydrogen-bond donors (Lipinski definition) is 1. The van der Waals surface area contributed by atoms with E-state index in [-0.39, 0.29) is 22.1 Å².